The quantitative estimate of drug-likeness (QED) is 0.764. The first kappa shape index (κ1) is 10.4. The second kappa shape index (κ2) is 4.50. The molecule has 0 spiro atoms. The Labute approximate surface area is 81.8 Å². The second-order valence-corrected chi connectivity index (χ2v) is 2.89. The summed E-state index contributed by atoms with van der Waals surface area (Å²) in [6.45, 7) is 0. The van der Waals surface area contributed by atoms with Crippen molar-refractivity contribution in [2.45, 2.75) is 12.8 Å². The maximum Gasteiger partial charge on any atom is 0.303 e. The molecule has 76 valence electrons. The van der Waals surface area contributed by atoms with Gasteiger partial charge in [-0.15, -0.1) is 0 Å². The molecule has 4 heteroatoms. The zero-order valence-corrected chi connectivity index (χ0v) is 7.86. The van der Waals surface area contributed by atoms with Crippen molar-refractivity contribution in [1.29, 1.82) is 0 Å². The molecule has 0 saturated carbocycles. The Hall–Kier alpha value is -1.71. The minimum Gasteiger partial charge on any atom is -0.508 e. The SMILES string of the molecule is COc1ccc(O)c(CCC(=O)O)c1. The standard InChI is InChI=1S/C10H12O4/c1-14-8-3-4-9(11)7(6-8)2-5-10(12)13/h3-4,6,11H,2,5H2,1H3,(H,12,13). The Bertz CT molecular complexity index is 333. The van der Waals surface area contributed by atoms with Gasteiger partial charge < -0.3 is 14.9 Å². The van der Waals surface area contributed by atoms with E-state index in [0.29, 0.717) is 17.7 Å². The number of phenols is 1. The summed E-state index contributed by atoms with van der Waals surface area (Å²) in [5.41, 5.74) is 0.590. The monoisotopic (exact) mass is 196 g/mol. The van der Waals surface area contributed by atoms with E-state index in [1.165, 1.54) is 13.2 Å². The Morgan fingerprint density at radius 1 is 1.50 bits per heavy atom. The van der Waals surface area contributed by atoms with Crippen molar-refractivity contribution in [2.75, 3.05) is 7.11 Å². The molecule has 0 aliphatic heterocycles. The van der Waals surface area contributed by atoms with Crippen LogP contribution in [0.15, 0.2) is 18.2 Å². The number of benzene rings is 1. The summed E-state index contributed by atoms with van der Waals surface area (Å²) in [5, 5.41) is 17.9. The molecule has 0 amide bonds. The predicted molar refractivity (Wildman–Crippen MR) is 50.6 cm³/mol. The Morgan fingerprint density at radius 2 is 2.21 bits per heavy atom. The lowest BCUT2D eigenvalue weighted by Gasteiger charge is -2.05. The summed E-state index contributed by atoms with van der Waals surface area (Å²) < 4.78 is 4.96. The summed E-state index contributed by atoms with van der Waals surface area (Å²) in [6, 6.07) is 4.76. The largest absolute Gasteiger partial charge is 0.508 e. The molecular formula is C10H12O4. The molecular weight excluding hydrogens is 184 g/mol. The lowest BCUT2D eigenvalue weighted by molar-refractivity contribution is -0.136. The third-order valence-electron chi connectivity index (χ3n) is 1.89. The Kier molecular flexibility index (Phi) is 3.34. The van der Waals surface area contributed by atoms with Gasteiger partial charge in [0.2, 0.25) is 0 Å². The van der Waals surface area contributed by atoms with Gasteiger partial charge in [0.1, 0.15) is 11.5 Å². The van der Waals surface area contributed by atoms with Crippen molar-refractivity contribution >= 4 is 5.97 Å². The van der Waals surface area contributed by atoms with Gasteiger partial charge in [-0.1, -0.05) is 0 Å². The number of aryl methyl sites for hydroxylation is 1. The topological polar surface area (TPSA) is 66.8 Å². The molecule has 1 aromatic rings. The highest BCUT2D eigenvalue weighted by atomic mass is 16.5. The van der Waals surface area contributed by atoms with E-state index in [4.69, 9.17) is 9.84 Å². The fraction of sp³-hybridized carbons (Fsp3) is 0.300. The molecule has 0 aromatic heterocycles. The summed E-state index contributed by atoms with van der Waals surface area (Å²) >= 11 is 0. The molecule has 0 saturated heterocycles. The first-order chi connectivity index (χ1) is 6.63. The highest BCUT2D eigenvalue weighted by molar-refractivity contribution is 5.67. The minimum absolute atomic E-state index is 0.000722. The molecule has 14 heavy (non-hydrogen) atoms. The number of aromatic hydroxyl groups is 1. The number of rotatable bonds is 4. The lowest BCUT2D eigenvalue weighted by Crippen LogP contribution is -1.98. The molecule has 0 bridgehead atoms. The summed E-state index contributed by atoms with van der Waals surface area (Å²) in [7, 11) is 1.52. The third-order valence-corrected chi connectivity index (χ3v) is 1.89. The molecule has 0 heterocycles. The first-order valence-electron chi connectivity index (χ1n) is 4.21. The lowest BCUT2D eigenvalue weighted by atomic mass is 10.1. The number of carboxylic acid groups (broad SMARTS) is 1. The van der Waals surface area contributed by atoms with Gasteiger partial charge in [-0.3, -0.25) is 4.79 Å². The Morgan fingerprint density at radius 3 is 2.79 bits per heavy atom. The van der Waals surface area contributed by atoms with Crippen LogP contribution in [0, 0.1) is 0 Å². The summed E-state index contributed by atoms with van der Waals surface area (Å²) in [6.07, 6.45) is 0.305. The van der Waals surface area contributed by atoms with Gasteiger partial charge in [0.05, 0.1) is 7.11 Å². The van der Waals surface area contributed by atoms with E-state index in [-0.39, 0.29) is 12.2 Å². The van der Waals surface area contributed by atoms with E-state index in [1.807, 2.05) is 0 Å². The van der Waals surface area contributed by atoms with E-state index in [2.05, 4.69) is 0 Å². The van der Waals surface area contributed by atoms with Crippen LogP contribution in [-0.2, 0) is 11.2 Å². The van der Waals surface area contributed by atoms with Crippen LogP contribution < -0.4 is 4.74 Å². The zero-order valence-electron chi connectivity index (χ0n) is 7.86. The van der Waals surface area contributed by atoms with Gasteiger partial charge in [0, 0.05) is 6.42 Å². The van der Waals surface area contributed by atoms with E-state index >= 15 is 0 Å². The maximum absolute atomic E-state index is 10.3. The van der Waals surface area contributed by atoms with Crippen molar-refractivity contribution in [3.8, 4) is 11.5 Å². The first-order valence-corrected chi connectivity index (χ1v) is 4.21. The maximum atomic E-state index is 10.3. The van der Waals surface area contributed by atoms with Gasteiger partial charge in [-0.2, -0.15) is 0 Å². The van der Waals surface area contributed by atoms with Crippen molar-refractivity contribution in [3.63, 3.8) is 0 Å². The van der Waals surface area contributed by atoms with E-state index < -0.39 is 5.97 Å². The van der Waals surface area contributed by atoms with Crippen LogP contribution in [0.2, 0.25) is 0 Å². The number of phenolic OH excluding ortho intramolecular Hbond substituents is 1. The highest BCUT2D eigenvalue weighted by Crippen LogP contribution is 2.23. The van der Waals surface area contributed by atoms with Crippen LogP contribution in [0.5, 0.6) is 11.5 Å². The van der Waals surface area contributed by atoms with Gasteiger partial charge in [0.15, 0.2) is 0 Å². The molecule has 0 aliphatic carbocycles. The summed E-state index contributed by atoms with van der Waals surface area (Å²) in [5.74, 6) is -0.164. The van der Waals surface area contributed by atoms with Crippen LogP contribution in [0.1, 0.15) is 12.0 Å². The number of carbonyl (C=O) groups is 1. The van der Waals surface area contributed by atoms with E-state index in [0.717, 1.165) is 0 Å². The molecule has 0 aliphatic rings. The molecule has 1 rings (SSSR count). The number of carboxylic acids is 1. The van der Waals surface area contributed by atoms with Crippen molar-refractivity contribution < 1.29 is 19.7 Å². The minimum atomic E-state index is -0.882. The summed E-state index contributed by atoms with van der Waals surface area (Å²) in [4.78, 5) is 10.3. The molecule has 0 radical (unpaired) electrons. The number of aliphatic carboxylic acids is 1. The number of hydrogen-bond acceptors (Lipinski definition) is 3. The molecule has 2 N–H and O–H groups in total. The Balaban J connectivity index is 2.78. The zero-order chi connectivity index (χ0) is 10.6. The number of methoxy groups -OCH3 is 1. The average Bonchev–Trinajstić information content (AvgIpc) is 2.16. The highest BCUT2D eigenvalue weighted by Gasteiger charge is 2.05. The second-order valence-electron chi connectivity index (χ2n) is 2.89. The molecule has 0 atom stereocenters. The van der Waals surface area contributed by atoms with Gasteiger partial charge in [0.25, 0.3) is 0 Å². The van der Waals surface area contributed by atoms with Crippen LogP contribution in [-0.4, -0.2) is 23.3 Å². The fourth-order valence-electron chi connectivity index (χ4n) is 1.13. The average molecular weight is 196 g/mol. The normalized spacial score (nSPS) is 9.79. The van der Waals surface area contributed by atoms with E-state index in [9.17, 15) is 9.90 Å². The van der Waals surface area contributed by atoms with E-state index in [1.54, 1.807) is 12.1 Å². The van der Waals surface area contributed by atoms with Crippen LogP contribution in [0.4, 0.5) is 0 Å². The van der Waals surface area contributed by atoms with Gasteiger partial charge in [-0.25, -0.2) is 0 Å². The van der Waals surface area contributed by atoms with Crippen molar-refractivity contribution in [1.82, 2.24) is 0 Å². The van der Waals surface area contributed by atoms with Crippen LogP contribution >= 0.6 is 0 Å². The molecule has 4 nitrogen and oxygen atoms in total. The van der Waals surface area contributed by atoms with Gasteiger partial charge in [-0.05, 0) is 30.2 Å². The molecule has 1 aromatic carbocycles. The smallest absolute Gasteiger partial charge is 0.303 e. The number of hydrogen-bond donors (Lipinski definition) is 2. The third kappa shape index (κ3) is 2.65. The predicted octanol–water partition coefficient (Wildman–Crippen LogP) is 1.42. The van der Waals surface area contributed by atoms with Crippen LogP contribution in [0.25, 0.3) is 0 Å². The fourth-order valence-corrected chi connectivity index (χ4v) is 1.13. The van der Waals surface area contributed by atoms with Gasteiger partial charge >= 0.3 is 5.97 Å². The van der Waals surface area contributed by atoms with Crippen LogP contribution in [0.3, 0.4) is 0 Å². The molecule has 0 fully saturated rings. The van der Waals surface area contributed by atoms with Crippen molar-refractivity contribution in [2.24, 2.45) is 0 Å². The van der Waals surface area contributed by atoms with Crippen molar-refractivity contribution in [3.05, 3.63) is 23.8 Å². The number of ether oxygens (including phenoxy) is 1. The molecule has 0 unspecified atom stereocenters.